The van der Waals surface area contributed by atoms with Crippen LogP contribution in [0.3, 0.4) is 0 Å². The van der Waals surface area contributed by atoms with E-state index in [4.69, 9.17) is 29.4 Å². The summed E-state index contributed by atoms with van der Waals surface area (Å²) in [5.41, 5.74) is 2.90. The Morgan fingerprint density at radius 3 is 2.52 bits per heavy atom. The largest absolute Gasteiger partial charge is 0.381 e. The molecular weight excluding hydrogens is 396 g/mol. The molecule has 9 heteroatoms. The molecule has 3 saturated heterocycles. The van der Waals surface area contributed by atoms with Crippen LogP contribution in [0.25, 0.3) is 11.5 Å². The number of hydrogen-bond donors (Lipinski definition) is 0. The summed E-state index contributed by atoms with van der Waals surface area (Å²) in [6.07, 6.45) is 6.22. The minimum Gasteiger partial charge on any atom is -0.381 e. The number of rotatable bonds is 4. The summed E-state index contributed by atoms with van der Waals surface area (Å²) in [5.74, 6) is 2.29. The van der Waals surface area contributed by atoms with Gasteiger partial charge in [0.25, 0.3) is 0 Å². The summed E-state index contributed by atoms with van der Waals surface area (Å²) in [7, 11) is 0. The van der Waals surface area contributed by atoms with Crippen LogP contribution in [0.5, 0.6) is 0 Å². The van der Waals surface area contributed by atoms with Crippen LogP contribution in [-0.4, -0.2) is 70.5 Å². The molecule has 0 bridgehead atoms. The fraction of sp³-hybridized carbons (Fsp3) is 0.591. The van der Waals surface area contributed by atoms with Crippen molar-refractivity contribution in [3.05, 3.63) is 35.8 Å². The van der Waals surface area contributed by atoms with Gasteiger partial charge in [0, 0.05) is 57.2 Å². The highest BCUT2D eigenvalue weighted by Crippen LogP contribution is 2.30. The molecule has 3 aliphatic rings. The number of aromatic nitrogens is 5. The molecule has 0 N–H and O–H groups in total. The van der Waals surface area contributed by atoms with Gasteiger partial charge in [-0.25, -0.2) is 9.67 Å². The lowest BCUT2D eigenvalue weighted by atomic mass is 9.97. The monoisotopic (exact) mass is 424 g/mol. The molecule has 31 heavy (non-hydrogen) atoms. The Balaban J connectivity index is 1.40. The number of ether oxygens (including phenoxy) is 3. The predicted octanol–water partition coefficient (Wildman–Crippen LogP) is 2.50. The molecule has 0 amide bonds. The van der Waals surface area contributed by atoms with Gasteiger partial charge in [-0.05, 0) is 31.7 Å². The molecule has 6 heterocycles. The van der Waals surface area contributed by atoms with Crippen LogP contribution in [0, 0.1) is 0 Å². The molecule has 3 fully saturated rings. The number of hydrogen-bond acceptors (Lipinski definition) is 7. The van der Waals surface area contributed by atoms with Crippen LogP contribution in [0.4, 0.5) is 5.82 Å². The van der Waals surface area contributed by atoms with E-state index < -0.39 is 0 Å². The van der Waals surface area contributed by atoms with E-state index in [1.54, 1.807) is 0 Å². The Labute approximate surface area is 180 Å². The Hall–Kier alpha value is -2.49. The Kier molecular flexibility index (Phi) is 5.09. The van der Waals surface area contributed by atoms with Crippen LogP contribution < -0.4 is 4.90 Å². The van der Waals surface area contributed by atoms with Gasteiger partial charge in [-0.15, -0.1) is 0 Å². The second-order valence-corrected chi connectivity index (χ2v) is 8.48. The van der Waals surface area contributed by atoms with E-state index in [0.717, 1.165) is 87.3 Å². The average Bonchev–Trinajstić information content (AvgIpc) is 3.60. The van der Waals surface area contributed by atoms with Crippen LogP contribution >= 0.6 is 0 Å². The zero-order valence-electron chi connectivity index (χ0n) is 17.7. The lowest BCUT2D eigenvalue weighted by Crippen LogP contribution is -2.37. The van der Waals surface area contributed by atoms with E-state index in [1.807, 2.05) is 15.4 Å². The summed E-state index contributed by atoms with van der Waals surface area (Å²) in [6.45, 7) is 5.52. The molecule has 0 aliphatic carbocycles. The third-order valence-corrected chi connectivity index (χ3v) is 6.49. The van der Waals surface area contributed by atoms with Crippen LogP contribution in [-0.2, 0) is 14.2 Å². The molecule has 3 aromatic heterocycles. The molecule has 0 aromatic carbocycles. The summed E-state index contributed by atoms with van der Waals surface area (Å²) in [5, 5.41) is 9.77. The van der Waals surface area contributed by atoms with Crippen molar-refractivity contribution in [1.82, 2.24) is 24.4 Å². The summed E-state index contributed by atoms with van der Waals surface area (Å²) in [4.78, 5) is 7.23. The van der Waals surface area contributed by atoms with Gasteiger partial charge in [0.1, 0.15) is 11.9 Å². The first-order valence-corrected chi connectivity index (χ1v) is 11.3. The Bertz CT molecular complexity index is 1040. The summed E-state index contributed by atoms with van der Waals surface area (Å²) >= 11 is 0. The van der Waals surface area contributed by atoms with Gasteiger partial charge in [-0.1, -0.05) is 0 Å². The van der Waals surface area contributed by atoms with Crippen molar-refractivity contribution >= 4 is 11.5 Å². The van der Waals surface area contributed by atoms with Gasteiger partial charge < -0.3 is 19.1 Å². The fourth-order valence-electron chi connectivity index (χ4n) is 4.74. The highest BCUT2D eigenvalue weighted by atomic mass is 16.5. The van der Waals surface area contributed by atoms with E-state index in [2.05, 4.69) is 23.1 Å². The second-order valence-electron chi connectivity index (χ2n) is 8.48. The van der Waals surface area contributed by atoms with Gasteiger partial charge in [-0.3, -0.25) is 0 Å². The Morgan fingerprint density at radius 2 is 1.71 bits per heavy atom. The van der Waals surface area contributed by atoms with E-state index >= 15 is 0 Å². The number of nitrogens with zero attached hydrogens (tertiary/aromatic N) is 6. The lowest BCUT2D eigenvalue weighted by molar-refractivity contribution is 0.0844. The van der Waals surface area contributed by atoms with Crippen LogP contribution in [0.2, 0.25) is 0 Å². The van der Waals surface area contributed by atoms with Crippen molar-refractivity contribution < 1.29 is 14.2 Å². The summed E-state index contributed by atoms with van der Waals surface area (Å²) in [6, 6.07) is 6.27. The summed E-state index contributed by atoms with van der Waals surface area (Å²) < 4.78 is 20.8. The van der Waals surface area contributed by atoms with E-state index in [0.29, 0.717) is 19.1 Å². The van der Waals surface area contributed by atoms with Crippen molar-refractivity contribution in [2.24, 2.45) is 0 Å². The SMILES string of the molecule is c1cn(-c2cc(N3CCOCC3)n3nc(C4CCCO4)cc3n2)nc1C1CCOCC1. The van der Waals surface area contributed by atoms with E-state index in [1.165, 1.54) is 0 Å². The van der Waals surface area contributed by atoms with E-state index in [9.17, 15) is 0 Å². The van der Waals surface area contributed by atoms with E-state index in [-0.39, 0.29) is 6.10 Å². The predicted molar refractivity (Wildman–Crippen MR) is 114 cm³/mol. The lowest BCUT2D eigenvalue weighted by Gasteiger charge is -2.29. The van der Waals surface area contributed by atoms with Crippen molar-refractivity contribution in [3.63, 3.8) is 0 Å². The molecule has 0 spiro atoms. The van der Waals surface area contributed by atoms with Gasteiger partial charge in [0.2, 0.25) is 0 Å². The smallest absolute Gasteiger partial charge is 0.160 e. The minimum absolute atomic E-state index is 0.0625. The fourth-order valence-corrected chi connectivity index (χ4v) is 4.74. The Morgan fingerprint density at radius 1 is 0.871 bits per heavy atom. The van der Waals surface area contributed by atoms with Gasteiger partial charge in [0.15, 0.2) is 11.5 Å². The quantitative estimate of drug-likeness (QED) is 0.637. The highest BCUT2D eigenvalue weighted by molar-refractivity contribution is 5.55. The number of anilines is 1. The maximum Gasteiger partial charge on any atom is 0.160 e. The van der Waals surface area contributed by atoms with Gasteiger partial charge >= 0.3 is 0 Å². The van der Waals surface area contributed by atoms with Gasteiger partial charge in [0.05, 0.1) is 24.6 Å². The normalized spacial score (nSPS) is 23.1. The molecule has 1 unspecified atom stereocenters. The molecule has 164 valence electrons. The van der Waals surface area contributed by atoms with Crippen molar-refractivity contribution in [2.45, 2.75) is 37.7 Å². The third kappa shape index (κ3) is 3.71. The molecule has 9 nitrogen and oxygen atoms in total. The van der Waals surface area contributed by atoms with Crippen LogP contribution in [0.15, 0.2) is 24.4 Å². The zero-order valence-corrected chi connectivity index (χ0v) is 17.7. The van der Waals surface area contributed by atoms with Crippen LogP contribution in [0.1, 0.15) is 49.1 Å². The maximum absolute atomic E-state index is 5.87. The standard InChI is InChI=1S/C22H28N6O3/c1-2-19(31-9-1)18-14-21-23-20(15-22(28(21)25-18)26-7-12-30-13-8-26)27-6-3-17(24-27)16-4-10-29-11-5-16/h3,6,14-16,19H,1-2,4-5,7-13H2. The molecule has 6 rings (SSSR count). The molecule has 3 aromatic rings. The third-order valence-electron chi connectivity index (χ3n) is 6.49. The highest BCUT2D eigenvalue weighted by Gasteiger charge is 2.24. The van der Waals surface area contributed by atoms with Gasteiger partial charge in [-0.2, -0.15) is 14.7 Å². The number of morpholine rings is 1. The average molecular weight is 425 g/mol. The van der Waals surface area contributed by atoms with Crippen molar-refractivity contribution in [2.75, 3.05) is 51.0 Å². The number of fused-ring (bicyclic) bond motifs is 1. The molecule has 3 aliphatic heterocycles. The molecule has 0 saturated carbocycles. The molecule has 0 radical (unpaired) electrons. The van der Waals surface area contributed by atoms with Crippen molar-refractivity contribution in [1.29, 1.82) is 0 Å². The maximum atomic E-state index is 5.87. The minimum atomic E-state index is 0.0625. The topological polar surface area (TPSA) is 78.9 Å². The first kappa shape index (κ1) is 19.2. The van der Waals surface area contributed by atoms with Crippen molar-refractivity contribution in [3.8, 4) is 5.82 Å². The second kappa shape index (κ2) is 8.22. The molecular formula is C22H28N6O3. The zero-order chi connectivity index (χ0) is 20.6. The molecule has 1 atom stereocenters. The first-order valence-electron chi connectivity index (χ1n) is 11.3. The first-order chi connectivity index (χ1) is 15.3.